The molecular formula is C18H25N3O2S. The zero-order valence-corrected chi connectivity index (χ0v) is 15.3. The largest absolute Gasteiger partial charge is 0.356 e. The van der Waals surface area contributed by atoms with E-state index < -0.39 is 0 Å². The number of benzene rings is 1. The number of hydrogen-bond donors (Lipinski definition) is 2. The highest BCUT2D eigenvalue weighted by Crippen LogP contribution is 2.19. The Bertz CT molecular complexity index is 830. The topological polar surface area (TPSA) is 66.9 Å². The average molecular weight is 347 g/mol. The molecule has 0 saturated heterocycles. The van der Waals surface area contributed by atoms with Crippen LogP contribution in [0.2, 0.25) is 0 Å². The SMILES string of the molecule is CC(C)(C)CCCNC(=O)CCn1c(=S)[nH]c2ccccc2c1=O. The van der Waals surface area contributed by atoms with E-state index in [4.69, 9.17) is 12.2 Å². The molecule has 0 saturated carbocycles. The number of aromatic amines is 1. The number of nitrogens with zero attached hydrogens (tertiary/aromatic N) is 1. The minimum atomic E-state index is -0.158. The van der Waals surface area contributed by atoms with Crippen LogP contribution in [-0.4, -0.2) is 22.0 Å². The van der Waals surface area contributed by atoms with Gasteiger partial charge in [0.2, 0.25) is 5.91 Å². The summed E-state index contributed by atoms with van der Waals surface area (Å²) in [7, 11) is 0. The van der Waals surface area contributed by atoms with Crippen LogP contribution in [0.3, 0.4) is 0 Å². The third kappa shape index (κ3) is 5.03. The number of para-hydroxylation sites is 1. The van der Waals surface area contributed by atoms with E-state index in [-0.39, 0.29) is 29.8 Å². The highest BCUT2D eigenvalue weighted by molar-refractivity contribution is 7.71. The first-order chi connectivity index (χ1) is 11.3. The van der Waals surface area contributed by atoms with Crippen molar-refractivity contribution >= 4 is 29.0 Å². The molecule has 2 aromatic rings. The van der Waals surface area contributed by atoms with Gasteiger partial charge in [0.25, 0.3) is 5.56 Å². The predicted molar refractivity (Wildman–Crippen MR) is 99.7 cm³/mol. The zero-order chi connectivity index (χ0) is 17.7. The Hall–Kier alpha value is -1.95. The third-order valence-electron chi connectivity index (χ3n) is 3.88. The number of rotatable bonds is 6. The van der Waals surface area contributed by atoms with Crippen LogP contribution in [0.25, 0.3) is 10.9 Å². The fourth-order valence-corrected chi connectivity index (χ4v) is 2.83. The van der Waals surface area contributed by atoms with Crippen LogP contribution in [0.1, 0.15) is 40.0 Å². The van der Waals surface area contributed by atoms with Gasteiger partial charge in [0.1, 0.15) is 0 Å². The number of fused-ring (bicyclic) bond motifs is 1. The maximum atomic E-state index is 12.5. The lowest BCUT2D eigenvalue weighted by Crippen LogP contribution is -2.29. The van der Waals surface area contributed by atoms with Crippen LogP contribution in [0, 0.1) is 10.2 Å². The normalized spacial score (nSPS) is 11.6. The Morgan fingerprint density at radius 3 is 2.71 bits per heavy atom. The molecule has 1 heterocycles. The molecule has 0 spiro atoms. The second kappa shape index (κ2) is 7.75. The van der Waals surface area contributed by atoms with Crippen molar-refractivity contribution in [3.63, 3.8) is 0 Å². The second-order valence-electron chi connectivity index (χ2n) is 7.20. The minimum absolute atomic E-state index is 0.0571. The van der Waals surface area contributed by atoms with Crippen molar-refractivity contribution in [2.45, 2.75) is 46.6 Å². The van der Waals surface area contributed by atoms with Gasteiger partial charge in [-0.05, 0) is 42.6 Å². The van der Waals surface area contributed by atoms with Gasteiger partial charge >= 0.3 is 0 Å². The molecule has 24 heavy (non-hydrogen) atoms. The van der Waals surface area contributed by atoms with Gasteiger partial charge in [-0.2, -0.15) is 0 Å². The van der Waals surface area contributed by atoms with Crippen LogP contribution in [0.5, 0.6) is 0 Å². The van der Waals surface area contributed by atoms with Crippen molar-refractivity contribution in [1.29, 1.82) is 0 Å². The quantitative estimate of drug-likeness (QED) is 0.622. The van der Waals surface area contributed by atoms with Crippen molar-refractivity contribution < 1.29 is 4.79 Å². The Balaban J connectivity index is 1.95. The van der Waals surface area contributed by atoms with E-state index in [2.05, 4.69) is 31.1 Å². The Kier molecular flexibility index (Phi) is 5.94. The van der Waals surface area contributed by atoms with Gasteiger partial charge in [0.15, 0.2) is 4.77 Å². The van der Waals surface area contributed by atoms with E-state index >= 15 is 0 Å². The highest BCUT2D eigenvalue weighted by atomic mass is 32.1. The lowest BCUT2D eigenvalue weighted by molar-refractivity contribution is -0.121. The summed E-state index contributed by atoms with van der Waals surface area (Å²) < 4.78 is 1.80. The number of carbonyl (C=O) groups excluding carboxylic acids is 1. The third-order valence-corrected chi connectivity index (χ3v) is 4.20. The van der Waals surface area contributed by atoms with Crippen LogP contribution in [-0.2, 0) is 11.3 Å². The number of amides is 1. The number of carbonyl (C=O) groups is 1. The molecule has 1 amide bonds. The molecule has 1 aromatic carbocycles. The Morgan fingerprint density at radius 1 is 1.29 bits per heavy atom. The molecule has 6 heteroatoms. The molecule has 0 bridgehead atoms. The molecule has 0 radical (unpaired) electrons. The first-order valence-corrected chi connectivity index (χ1v) is 8.67. The summed E-state index contributed by atoms with van der Waals surface area (Å²) in [5.74, 6) is -0.0571. The van der Waals surface area contributed by atoms with Crippen LogP contribution in [0.4, 0.5) is 0 Å². The molecule has 0 aliphatic heterocycles. The molecule has 1 aromatic heterocycles. The molecule has 130 valence electrons. The highest BCUT2D eigenvalue weighted by Gasteiger charge is 2.10. The van der Waals surface area contributed by atoms with Crippen molar-refractivity contribution in [3.05, 3.63) is 39.4 Å². The van der Waals surface area contributed by atoms with Crippen molar-refractivity contribution in [1.82, 2.24) is 14.9 Å². The monoisotopic (exact) mass is 347 g/mol. The summed E-state index contributed by atoms with van der Waals surface area (Å²) in [5.41, 5.74) is 0.834. The number of H-pyrrole nitrogens is 1. The van der Waals surface area contributed by atoms with Crippen molar-refractivity contribution in [2.24, 2.45) is 5.41 Å². The van der Waals surface area contributed by atoms with Gasteiger partial charge in [0, 0.05) is 19.5 Å². The van der Waals surface area contributed by atoms with Gasteiger partial charge in [0.05, 0.1) is 10.9 Å². The van der Waals surface area contributed by atoms with E-state index in [1.54, 1.807) is 6.07 Å². The summed E-state index contributed by atoms with van der Waals surface area (Å²) in [6.45, 7) is 7.49. The van der Waals surface area contributed by atoms with E-state index in [1.165, 1.54) is 4.57 Å². The summed E-state index contributed by atoms with van der Waals surface area (Å²) in [6.07, 6.45) is 2.25. The molecule has 0 unspecified atom stereocenters. The first kappa shape index (κ1) is 18.4. The predicted octanol–water partition coefficient (Wildman–Crippen LogP) is 3.39. The molecular weight excluding hydrogens is 322 g/mol. The second-order valence-corrected chi connectivity index (χ2v) is 7.58. The van der Waals surface area contributed by atoms with Gasteiger partial charge in [-0.3, -0.25) is 14.2 Å². The van der Waals surface area contributed by atoms with Gasteiger partial charge in [-0.15, -0.1) is 0 Å². The van der Waals surface area contributed by atoms with E-state index in [9.17, 15) is 9.59 Å². The number of aromatic nitrogens is 2. The van der Waals surface area contributed by atoms with Gasteiger partial charge in [-0.1, -0.05) is 32.9 Å². The zero-order valence-electron chi connectivity index (χ0n) is 14.5. The molecule has 0 fully saturated rings. The Labute approximate surface area is 147 Å². The molecule has 0 aliphatic rings. The van der Waals surface area contributed by atoms with Crippen molar-refractivity contribution in [3.8, 4) is 0 Å². The molecule has 5 nitrogen and oxygen atoms in total. The summed E-state index contributed by atoms with van der Waals surface area (Å²) >= 11 is 5.24. The van der Waals surface area contributed by atoms with Crippen molar-refractivity contribution in [2.75, 3.05) is 6.54 Å². The lowest BCUT2D eigenvalue weighted by atomic mass is 9.91. The Morgan fingerprint density at radius 2 is 2.00 bits per heavy atom. The van der Waals surface area contributed by atoms with Crippen LogP contribution in [0.15, 0.2) is 29.1 Å². The van der Waals surface area contributed by atoms with E-state index in [1.807, 2.05) is 18.2 Å². The fourth-order valence-electron chi connectivity index (χ4n) is 2.55. The maximum Gasteiger partial charge on any atom is 0.262 e. The summed E-state index contributed by atoms with van der Waals surface area (Å²) in [5, 5.41) is 3.48. The first-order valence-electron chi connectivity index (χ1n) is 8.26. The molecule has 0 atom stereocenters. The number of hydrogen-bond acceptors (Lipinski definition) is 3. The van der Waals surface area contributed by atoms with Gasteiger partial charge in [-0.25, -0.2) is 0 Å². The minimum Gasteiger partial charge on any atom is -0.356 e. The summed E-state index contributed by atoms with van der Waals surface area (Å²) in [4.78, 5) is 27.5. The standard InChI is InChI=1S/C18H25N3O2S/c1-18(2,3)10-6-11-19-15(22)9-12-21-16(23)13-7-4-5-8-14(13)20-17(21)24/h4-5,7-8H,6,9-12H2,1-3H3,(H,19,22)(H,20,24). The summed E-state index contributed by atoms with van der Waals surface area (Å²) in [6, 6.07) is 7.24. The van der Waals surface area contributed by atoms with Crippen LogP contribution < -0.4 is 10.9 Å². The van der Waals surface area contributed by atoms with E-state index in [0.29, 0.717) is 16.7 Å². The fraction of sp³-hybridized carbons (Fsp3) is 0.500. The molecule has 0 aliphatic carbocycles. The van der Waals surface area contributed by atoms with E-state index in [0.717, 1.165) is 18.4 Å². The molecule has 2 N–H and O–H groups in total. The number of nitrogens with one attached hydrogen (secondary N) is 2. The maximum absolute atomic E-state index is 12.5. The van der Waals surface area contributed by atoms with Gasteiger partial charge < -0.3 is 10.3 Å². The van der Waals surface area contributed by atoms with Crippen LogP contribution >= 0.6 is 12.2 Å². The lowest BCUT2D eigenvalue weighted by Gasteiger charge is -2.17. The molecule has 2 rings (SSSR count). The average Bonchev–Trinajstić information content (AvgIpc) is 2.50. The smallest absolute Gasteiger partial charge is 0.262 e.